The number of ketones is 1. The molecule has 5 unspecified atom stereocenters. The summed E-state index contributed by atoms with van der Waals surface area (Å²) in [5.41, 5.74) is 1.46. The molecule has 0 bridgehead atoms. The smallest absolute Gasteiger partial charge is 0.196 e. The van der Waals surface area contributed by atoms with E-state index >= 15 is 0 Å². The van der Waals surface area contributed by atoms with Crippen LogP contribution in [0, 0.1) is 28.6 Å². The van der Waals surface area contributed by atoms with Crippen LogP contribution >= 0.6 is 11.6 Å². The molecular weight excluding hydrogens is 372 g/mol. The van der Waals surface area contributed by atoms with Gasteiger partial charge in [-0.3, -0.25) is 4.79 Å². The zero-order valence-corrected chi connectivity index (χ0v) is 19.6. The van der Waals surface area contributed by atoms with E-state index in [1.807, 2.05) is 0 Å². The number of carbonyl (C=O) groups is 1. The SMILES string of the molecule is CC12C=CC(=O)C(Cl)=C1CCC1C2CCC2(C)C1CC[C@]2(C)O[Si](C)(C)C. The van der Waals surface area contributed by atoms with Gasteiger partial charge in [0, 0.05) is 5.41 Å². The highest BCUT2D eigenvalue weighted by atomic mass is 35.5. The molecule has 0 radical (unpaired) electrons. The molecule has 0 heterocycles. The van der Waals surface area contributed by atoms with Crippen molar-refractivity contribution >= 4 is 25.7 Å². The molecule has 0 aromatic carbocycles. The quantitative estimate of drug-likeness (QED) is 0.491. The molecule has 27 heavy (non-hydrogen) atoms. The van der Waals surface area contributed by atoms with Crippen LogP contribution in [0.1, 0.15) is 59.3 Å². The molecule has 0 saturated heterocycles. The first-order valence-electron chi connectivity index (χ1n) is 10.7. The van der Waals surface area contributed by atoms with Gasteiger partial charge < -0.3 is 4.43 Å². The largest absolute Gasteiger partial charge is 0.412 e. The minimum absolute atomic E-state index is 0.000201. The van der Waals surface area contributed by atoms with E-state index in [2.05, 4.69) is 46.5 Å². The molecule has 6 atom stereocenters. The second-order valence-corrected chi connectivity index (χ2v) is 15.9. The molecule has 2 nitrogen and oxygen atoms in total. The summed E-state index contributed by atoms with van der Waals surface area (Å²) in [7, 11) is -1.59. The fourth-order valence-corrected chi connectivity index (χ4v) is 9.40. The van der Waals surface area contributed by atoms with Crippen LogP contribution in [0.3, 0.4) is 0 Å². The lowest BCUT2D eigenvalue weighted by Gasteiger charge is -2.59. The third-order valence-corrected chi connectivity index (χ3v) is 10.2. The van der Waals surface area contributed by atoms with E-state index in [1.54, 1.807) is 6.08 Å². The zero-order valence-electron chi connectivity index (χ0n) is 17.8. The Kier molecular flexibility index (Phi) is 4.47. The molecule has 0 spiro atoms. The van der Waals surface area contributed by atoms with Crippen molar-refractivity contribution in [3.05, 3.63) is 22.8 Å². The minimum Gasteiger partial charge on any atom is -0.412 e. The molecule has 0 N–H and O–H groups in total. The normalized spacial score (nSPS) is 46.9. The lowest BCUT2D eigenvalue weighted by Crippen LogP contribution is -2.56. The fourth-order valence-electron chi connectivity index (χ4n) is 7.35. The van der Waals surface area contributed by atoms with Crippen LogP contribution in [0.4, 0.5) is 0 Å². The first-order valence-corrected chi connectivity index (χ1v) is 14.5. The van der Waals surface area contributed by atoms with E-state index < -0.39 is 8.32 Å². The molecule has 0 aromatic heterocycles. The van der Waals surface area contributed by atoms with Gasteiger partial charge in [-0.25, -0.2) is 0 Å². The molecule has 3 fully saturated rings. The van der Waals surface area contributed by atoms with Crippen LogP contribution in [-0.2, 0) is 9.22 Å². The molecular formula is C23H35ClO2Si. The average molecular weight is 407 g/mol. The van der Waals surface area contributed by atoms with Crippen molar-refractivity contribution in [1.29, 1.82) is 0 Å². The Bertz CT molecular complexity index is 735. The van der Waals surface area contributed by atoms with Crippen LogP contribution in [-0.4, -0.2) is 19.7 Å². The van der Waals surface area contributed by atoms with Gasteiger partial charge in [0.25, 0.3) is 0 Å². The highest BCUT2D eigenvalue weighted by molar-refractivity contribution is 6.69. The summed E-state index contributed by atoms with van der Waals surface area (Å²) < 4.78 is 6.85. The third-order valence-electron chi connectivity index (χ3n) is 8.71. The van der Waals surface area contributed by atoms with Crippen molar-refractivity contribution in [1.82, 2.24) is 0 Å². The second kappa shape index (κ2) is 6.06. The highest BCUT2D eigenvalue weighted by Crippen LogP contribution is 2.68. The van der Waals surface area contributed by atoms with Crippen LogP contribution in [0.2, 0.25) is 19.6 Å². The molecule has 0 aromatic rings. The van der Waals surface area contributed by atoms with E-state index in [0.717, 1.165) is 12.3 Å². The highest BCUT2D eigenvalue weighted by Gasteiger charge is 2.63. The molecule has 4 aliphatic rings. The Morgan fingerprint density at radius 2 is 1.74 bits per heavy atom. The Hall–Kier alpha value is -0.383. The lowest BCUT2D eigenvalue weighted by molar-refractivity contribution is -0.112. The van der Waals surface area contributed by atoms with Crippen LogP contribution < -0.4 is 0 Å². The Morgan fingerprint density at radius 3 is 2.41 bits per heavy atom. The number of allylic oxidation sites excluding steroid dienone is 4. The molecule has 150 valence electrons. The summed E-state index contributed by atoms with van der Waals surface area (Å²) >= 11 is 6.48. The monoisotopic (exact) mass is 406 g/mol. The first kappa shape index (κ1) is 19.9. The van der Waals surface area contributed by atoms with Gasteiger partial charge in [-0.1, -0.05) is 31.5 Å². The molecule has 0 aliphatic heterocycles. The van der Waals surface area contributed by atoms with Crippen molar-refractivity contribution in [3.63, 3.8) is 0 Å². The fraction of sp³-hybridized carbons (Fsp3) is 0.783. The van der Waals surface area contributed by atoms with Gasteiger partial charge in [-0.15, -0.1) is 0 Å². The van der Waals surface area contributed by atoms with Crippen molar-refractivity contribution < 1.29 is 9.22 Å². The number of hydrogen-bond acceptors (Lipinski definition) is 2. The van der Waals surface area contributed by atoms with Crippen molar-refractivity contribution in [2.45, 2.75) is 84.5 Å². The van der Waals surface area contributed by atoms with Gasteiger partial charge in [-0.05, 0) is 99.9 Å². The predicted molar refractivity (Wildman–Crippen MR) is 114 cm³/mol. The number of halogens is 1. The van der Waals surface area contributed by atoms with Crippen molar-refractivity contribution in [2.24, 2.45) is 28.6 Å². The molecule has 4 rings (SSSR count). The zero-order chi connectivity index (χ0) is 19.8. The Morgan fingerprint density at radius 1 is 1.07 bits per heavy atom. The topological polar surface area (TPSA) is 26.3 Å². The van der Waals surface area contributed by atoms with E-state index in [4.69, 9.17) is 16.0 Å². The number of hydrogen-bond donors (Lipinski definition) is 0. The Balaban J connectivity index is 1.68. The summed E-state index contributed by atoms with van der Waals surface area (Å²) in [6, 6.07) is 0. The van der Waals surface area contributed by atoms with Gasteiger partial charge >= 0.3 is 0 Å². The summed E-state index contributed by atoms with van der Waals surface area (Å²) in [6.07, 6.45) is 11.0. The predicted octanol–water partition coefficient (Wildman–Crippen LogP) is 6.47. The number of fused-ring (bicyclic) bond motifs is 5. The summed E-state index contributed by atoms with van der Waals surface area (Å²) in [5, 5.41) is 0.505. The lowest BCUT2D eigenvalue weighted by atomic mass is 9.47. The molecule has 3 saturated carbocycles. The summed E-state index contributed by atoms with van der Waals surface area (Å²) in [6.45, 7) is 14.2. The van der Waals surface area contributed by atoms with Gasteiger partial charge in [0.2, 0.25) is 0 Å². The second-order valence-electron chi connectivity index (χ2n) is 11.1. The van der Waals surface area contributed by atoms with E-state index in [1.165, 1.54) is 37.7 Å². The van der Waals surface area contributed by atoms with Crippen LogP contribution in [0.25, 0.3) is 0 Å². The number of carbonyl (C=O) groups excluding carboxylic acids is 1. The van der Waals surface area contributed by atoms with Crippen LogP contribution in [0.5, 0.6) is 0 Å². The first-order chi connectivity index (χ1) is 12.4. The van der Waals surface area contributed by atoms with E-state index in [9.17, 15) is 4.79 Å². The summed E-state index contributed by atoms with van der Waals surface area (Å²) in [5.74, 6) is 2.04. The summed E-state index contributed by atoms with van der Waals surface area (Å²) in [4.78, 5) is 12.1. The van der Waals surface area contributed by atoms with Crippen molar-refractivity contribution in [2.75, 3.05) is 0 Å². The third kappa shape index (κ3) is 2.79. The minimum atomic E-state index is -1.59. The van der Waals surface area contributed by atoms with Gasteiger partial charge in [-0.2, -0.15) is 0 Å². The Labute approximate surface area is 170 Å². The van der Waals surface area contributed by atoms with Gasteiger partial charge in [0.1, 0.15) is 0 Å². The maximum absolute atomic E-state index is 12.1. The average Bonchev–Trinajstić information content (AvgIpc) is 2.81. The molecule has 0 amide bonds. The maximum atomic E-state index is 12.1. The number of rotatable bonds is 2. The van der Waals surface area contributed by atoms with E-state index in [0.29, 0.717) is 16.9 Å². The van der Waals surface area contributed by atoms with Crippen molar-refractivity contribution in [3.8, 4) is 0 Å². The van der Waals surface area contributed by atoms with Gasteiger partial charge in [0.15, 0.2) is 14.1 Å². The van der Waals surface area contributed by atoms with Gasteiger partial charge in [0.05, 0.1) is 10.6 Å². The van der Waals surface area contributed by atoms with Crippen LogP contribution in [0.15, 0.2) is 22.8 Å². The molecule has 4 heteroatoms. The van der Waals surface area contributed by atoms with E-state index in [-0.39, 0.29) is 22.2 Å². The standard InChI is InChI=1S/C23H35ClO2Si/c1-21-12-11-19(25)20(24)18(21)8-7-15-16(21)9-13-22(2)17(15)10-14-23(22,3)26-27(4,5)6/h11-12,15-17H,7-10,13-14H2,1-6H3/t15?,16?,17?,21?,22?,23-/m0/s1. The maximum Gasteiger partial charge on any atom is 0.196 e. The molecule has 4 aliphatic carbocycles.